The van der Waals surface area contributed by atoms with Crippen LogP contribution in [-0.4, -0.2) is 31.1 Å². The van der Waals surface area contributed by atoms with Crippen LogP contribution in [0.2, 0.25) is 0 Å². The Bertz CT molecular complexity index is 493. The second-order valence-corrected chi connectivity index (χ2v) is 7.57. The predicted molar refractivity (Wildman–Crippen MR) is 84.3 cm³/mol. The topological polar surface area (TPSA) is 28.4 Å². The number of nitrogens with zero attached hydrogens (tertiary/aromatic N) is 1. The molecular formula is C18H28N2O. The minimum Gasteiger partial charge on any atom is -0.464 e. The van der Waals surface area contributed by atoms with E-state index in [1.54, 1.807) is 0 Å². The van der Waals surface area contributed by atoms with Crippen LogP contribution in [0, 0.1) is 11.8 Å². The Morgan fingerprint density at radius 2 is 2.00 bits per heavy atom. The maximum atomic E-state index is 6.27. The fraction of sp³-hybridized carbons (Fsp3) is 0.778. The van der Waals surface area contributed by atoms with Crippen LogP contribution in [0.25, 0.3) is 0 Å². The molecule has 0 amide bonds. The van der Waals surface area contributed by atoms with E-state index in [1.165, 1.54) is 50.2 Å². The predicted octanol–water partition coefficient (Wildman–Crippen LogP) is 3.54. The Balaban J connectivity index is 1.48. The van der Waals surface area contributed by atoms with Gasteiger partial charge in [-0.1, -0.05) is 6.92 Å². The van der Waals surface area contributed by atoms with Crippen LogP contribution in [0.5, 0.6) is 0 Å². The third kappa shape index (κ3) is 2.91. The third-order valence-electron chi connectivity index (χ3n) is 5.67. The number of hydrogen-bond donors (Lipinski definition) is 1. The molecule has 0 spiro atoms. The average molecular weight is 288 g/mol. The van der Waals surface area contributed by atoms with Gasteiger partial charge >= 0.3 is 0 Å². The highest BCUT2D eigenvalue weighted by molar-refractivity contribution is 5.20. The molecule has 0 aromatic carbocycles. The summed E-state index contributed by atoms with van der Waals surface area (Å²) in [6, 6.07) is 5.75. The zero-order chi connectivity index (χ0) is 14.4. The van der Waals surface area contributed by atoms with Crippen LogP contribution in [0.1, 0.15) is 62.5 Å². The van der Waals surface area contributed by atoms with Crippen LogP contribution >= 0.6 is 0 Å². The molecule has 3 aliphatic rings. The molecule has 4 unspecified atom stereocenters. The molecule has 0 bridgehead atoms. The van der Waals surface area contributed by atoms with E-state index < -0.39 is 0 Å². The highest BCUT2D eigenvalue weighted by Gasteiger charge is 2.39. The van der Waals surface area contributed by atoms with Crippen molar-refractivity contribution in [2.75, 3.05) is 20.1 Å². The van der Waals surface area contributed by atoms with E-state index in [1.807, 2.05) is 0 Å². The molecule has 3 heteroatoms. The van der Waals surface area contributed by atoms with Gasteiger partial charge in [0.15, 0.2) is 0 Å². The summed E-state index contributed by atoms with van der Waals surface area (Å²) >= 11 is 0. The monoisotopic (exact) mass is 288 g/mol. The lowest BCUT2D eigenvalue weighted by atomic mass is 9.88. The molecule has 3 nitrogen and oxygen atoms in total. The van der Waals surface area contributed by atoms with Gasteiger partial charge in [0.2, 0.25) is 0 Å². The molecule has 4 rings (SSSR count). The largest absolute Gasteiger partial charge is 0.464 e. The van der Waals surface area contributed by atoms with Gasteiger partial charge in [0, 0.05) is 18.5 Å². The minimum absolute atomic E-state index is 0.466. The summed E-state index contributed by atoms with van der Waals surface area (Å²) in [6.45, 7) is 4.66. The number of piperidine rings is 1. The summed E-state index contributed by atoms with van der Waals surface area (Å²) in [5, 5.41) is 3.73. The van der Waals surface area contributed by atoms with Gasteiger partial charge in [-0.15, -0.1) is 0 Å². The zero-order valence-electron chi connectivity index (χ0n) is 13.3. The number of nitrogens with one attached hydrogen (secondary N) is 1. The molecule has 1 aromatic heterocycles. The summed E-state index contributed by atoms with van der Waals surface area (Å²) in [4.78, 5) is 2.50. The van der Waals surface area contributed by atoms with Gasteiger partial charge in [-0.2, -0.15) is 0 Å². The average Bonchev–Trinajstić information content (AvgIpc) is 3.38. The lowest BCUT2D eigenvalue weighted by Crippen LogP contribution is -2.40. The molecule has 1 saturated heterocycles. The lowest BCUT2D eigenvalue weighted by molar-refractivity contribution is 0.0997. The Kier molecular flexibility index (Phi) is 3.58. The molecule has 2 heterocycles. The first-order valence-electron chi connectivity index (χ1n) is 8.75. The fourth-order valence-electron chi connectivity index (χ4n) is 3.97. The highest BCUT2D eigenvalue weighted by atomic mass is 16.3. The number of rotatable bonds is 5. The van der Waals surface area contributed by atoms with E-state index in [4.69, 9.17) is 4.42 Å². The highest BCUT2D eigenvalue weighted by Crippen LogP contribution is 2.48. The molecule has 0 radical (unpaired) electrons. The van der Waals surface area contributed by atoms with Gasteiger partial charge in [-0.3, -0.25) is 4.90 Å². The Morgan fingerprint density at radius 3 is 2.71 bits per heavy atom. The smallest absolute Gasteiger partial charge is 0.121 e. The van der Waals surface area contributed by atoms with Crippen LogP contribution in [0.3, 0.4) is 0 Å². The molecule has 2 saturated carbocycles. The van der Waals surface area contributed by atoms with Crippen molar-refractivity contribution in [3.63, 3.8) is 0 Å². The quantitative estimate of drug-likeness (QED) is 0.898. The molecule has 116 valence electrons. The van der Waals surface area contributed by atoms with Crippen molar-refractivity contribution in [1.82, 2.24) is 10.2 Å². The summed E-state index contributed by atoms with van der Waals surface area (Å²) < 4.78 is 6.27. The number of furan rings is 1. The van der Waals surface area contributed by atoms with E-state index in [0.717, 1.165) is 18.5 Å². The van der Waals surface area contributed by atoms with Crippen LogP contribution < -0.4 is 5.32 Å². The standard InChI is InChI=1S/C18H28N2O/c1-12-10-15(12)16-7-8-17(21-16)18-13(4-3-9-20(18)2)11-19-14-5-6-14/h7-8,12-15,18-19H,3-6,9-11H2,1-2H3. The van der Waals surface area contributed by atoms with Crippen molar-refractivity contribution in [3.05, 3.63) is 23.7 Å². The van der Waals surface area contributed by atoms with E-state index in [-0.39, 0.29) is 0 Å². The van der Waals surface area contributed by atoms with Crippen molar-refractivity contribution in [3.8, 4) is 0 Å². The Labute approximate surface area is 128 Å². The number of likely N-dealkylation sites (tertiary alicyclic amines) is 1. The molecule has 3 fully saturated rings. The second-order valence-electron chi connectivity index (χ2n) is 7.57. The normalized spacial score (nSPS) is 36.9. The molecule has 1 aromatic rings. The summed E-state index contributed by atoms with van der Waals surface area (Å²) in [5.41, 5.74) is 0. The van der Waals surface area contributed by atoms with Gasteiger partial charge in [0.25, 0.3) is 0 Å². The van der Waals surface area contributed by atoms with E-state index in [9.17, 15) is 0 Å². The molecule has 2 aliphatic carbocycles. The van der Waals surface area contributed by atoms with E-state index >= 15 is 0 Å². The van der Waals surface area contributed by atoms with Gasteiger partial charge in [0.1, 0.15) is 11.5 Å². The van der Waals surface area contributed by atoms with Crippen molar-refractivity contribution < 1.29 is 4.42 Å². The van der Waals surface area contributed by atoms with E-state index in [0.29, 0.717) is 17.9 Å². The van der Waals surface area contributed by atoms with Gasteiger partial charge in [-0.05, 0) is 69.7 Å². The molecule has 21 heavy (non-hydrogen) atoms. The molecule has 4 atom stereocenters. The molecule has 1 N–H and O–H groups in total. The Morgan fingerprint density at radius 1 is 1.24 bits per heavy atom. The van der Waals surface area contributed by atoms with Gasteiger partial charge in [0.05, 0.1) is 6.04 Å². The van der Waals surface area contributed by atoms with Gasteiger partial charge < -0.3 is 9.73 Å². The van der Waals surface area contributed by atoms with Crippen molar-refractivity contribution >= 4 is 0 Å². The fourth-order valence-corrected chi connectivity index (χ4v) is 3.97. The van der Waals surface area contributed by atoms with Gasteiger partial charge in [-0.25, -0.2) is 0 Å². The summed E-state index contributed by atoms with van der Waals surface area (Å²) in [6.07, 6.45) is 6.69. The zero-order valence-corrected chi connectivity index (χ0v) is 13.3. The molecule has 1 aliphatic heterocycles. The Hall–Kier alpha value is -0.800. The first kappa shape index (κ1) is 13.8. The summed E-state index contributed by atoms with van der Waals surface area (Å²) in [7, 11) is 2.26. The van der Waals surface area contributed by atoms with E-state index in [2.05, 4.69) is 36.3 Å². The summed E-state index contributed by atoms with van der Waals surface area (Å²) in [5.74, 6) is 4.63. The minimum atomic E-state index is 0.466. The van der Waals surface area contributed by atoms with Crippen molar-refractivity contribution in [2.45, 2.75) is 57.0 Å². The van der Waals surface area contributed by atoms with Crippen LogP contribution in [0.4, 0.5) is 0 Å². The van der Waals surface area contributed by atoms with Crippen LogP contribution in [0.15, 0.2) is 16.5 Å². The third-order valence-corrected chi connectivity index (χ3v) is 5.67. The van der Waals surface area contributed by atoms with Crippen molar-refractivity contribution in [2.24, 2.45) is 11.8 Å². The van der Waals surface area contributed by atoms with Crippen molar-refractivity contribution in [1.29, 1.82) is 0 Å². The SMILES string of the molecule is CC1CC1c1ccc(C2C(CNC3CC3)CCCN2C)o1. The van der Waals surface area contributed by atoms with Crippen LogP contribution in [-0.2, 0) is 0 Å². The maximum absolute atomic E-state index is 6.27. The lowest BCUT2D eigenvalue weighted by Gasteiger charge is -2.38. The first-order chi connectivity index (χ1) is 10.2. The number of hydrogen-bond acceptors (Lipinski definition) is 3. The maximum Gasteiger partial charge on any atom is 0.121 e. The second kappa shape index (κ2) is 5.44. The first-order valence-corrected chi connectivity index (χ1v) is 8.75. The molecular weight excluding hydrogens is 260 g/mol.